The molecule has 0 aromatic heterocycles. The molecule has 1 aliphatic rings. The molecular formula is C16H22N2O3. The SMILES string of the molecule is CC[C@H](OC)C(=O)N1CCN(c2ccccc2C)C(=O)C1. The number of carbonyl (C=O) groups excluding carboxylic acids is 2. The summed E-state index contributed by atoms with van der Waals surface area (Å²) in [4.78, 5) is 27.9. The molecule has 114 valence electrons. The Hall–Kier alpha value is -1.88. The van der Waals surface area contributed by atoms with Crippen LogP contribution in [-0.2, 0) is 14.3 Å². The van der Waals surface area contributed by atoms with Crippen molar-refractivity contribution in [2.45, 2.75) is 26.4 Å². The molecule has 0 unspecified atom stereocenters. The second-order valence-electron chi connectivity index (χ2n) is 5.22. The first-order chi connectivity index (χ1) is 10.1. The van der Waals surface area contributed by atoms with Gasteiger partial charge in [0.2, 0.25) is 5.91 Å². The molecule has 21 heavy (non-hydrogen) atoms. The molecule has 0 bridgehead atoms. The average Bonchev–Trinajstić information content (AvgIpc) is 2.49. The van der Waals surface area contributed by atoms with Crippen LogP contribution in [0.5, 0.6) is 0 Å². The molecule has 0 spiro atoms. The maximum Gasteiger partial charge on any atom is 0.252 e. The monoisotopic (exact) mass is 290 g/mol. The molecule has 1 atom stereocenters. The van der Waals surface area contributed by atoms with Gasteiger partial charge in [-0.2, -0.15) is 0 Å². The van der Waals surface area contributed by atoms with Gasteiger partial charge in [-0.05, 0) is 25.0 Å². The molecule has 1 aromatic carbocycles. The molecule has 1 fully saturated rings. The Morgan fingerprint density at radius 1 is 1.33 bits per heavy atom. The number of carbonyl (C=O) groups is 2. The van der Waals surface area contributed by atoms with Crippen molar-refractivity contribution >= 4 is 17.5 Å². The first kappa shape index (κ1) is 15.5. The van der Waals surface area contributed by atoms with E-state index in [-0.39, 0.29) is 18.4 Å². The Morgan fingerprint density at radius 3 is 2.62 bits per heavy atom. The van der Waals surface area contributed by atoms with E-state index in [1.807, 2.05) is 38.1 Å². The van der Waals surface area contributed by atoms with Gasteiger partial charge in [0.25, 0.3) is 5.91 Å². The van der Waals surface area contributed by atoms with Crippen LogP contribution in [0.15, 0.2) is 24.3 Å². The van der Waals surface area contributed by atoms with E-state index in [9.17, 15) is 9.59 Å². The predicted octanol–water partition coefficient (Wildman–Crippen LogP) is 1.60. The van der Waals surface area contributed by atoms with Crippen molar-refractivity contribution < 1.29 is 14.3 Å². The fourth-order valence-corrected chi connectivity index (χ4v) is 2.63. The van der Waals surface area contributed by atoms with Crippen LogP contribution in [0, 0.1) is 6.92 Å². The number of methoxy groups -OCH3 is 1. The van der Waals surface area contributed by atoms with Gasteiger partial charge < -0.3 is 14.5 Å². The van der Waals surface area contributed by atoms with Crippen LogP contribution >= 0.6 is 0 Å². The zero-order valence-corrected chi connectivity index (χ0v) is 12.8. The van der Waals surface area contributed by atoms with Crippen molar-refractivity contribution in [2.24, 2.45) is 0 Å². The number of ether oxygens (including phenoxy) is 1. The van der Waals surface area contributed by atoms with Crippen molar-refractivity contribution in [1.82, 2.24) is 4.90 Å². The molecule has 0 aliphatic carbocycles. The van der Waals surface area contributed by atoms with E-state index in [1.165, 1.54) is 7.11 Å². The maximum absolute atomic E-state index is 12.4. The third-order valence-electron chi connectivity index (χ3n) is 3.87. The van der Waals surface area contributed by atoms with Crippen LogP contribution in [0.4, 0.5) is 5.69 Å². The lowest BCUT2D eigenvalue weighted by Crippen LogP contribution is -2.54. The molecule has 1 saturated heterocycles. The largest absolute Gasteiger partial charge is 0.372 e. The first-order valence-corrected chi connectivity index (χ1v) is 7.26. The number of benzene rings is 1. The Labute approximate surface area is 125 Å². The van der Waals surface area contributed by atoms with E-state index in [4.69, 9.17) is 4.74 Å². The van der Waals surface area contributed by atoms with Gasteiger partial charge in [0.1, 0.15) is 12.6 Å². The van der Waals surface area contributed by atoms with Gasteiger partial charge in [-0.3, -0.25) is 9.59 Å². The lowest BCUT2D eigenvalue weighted by atomic mass is 10.1. The highest BCUT2D eigenvalue weighted by molar-refractivity contribution is 5.98. The molecule has 1 aliphatic heterocycles. The summed E-state index contributed by atoms with van der Waals surface area (Å²) in [6, 6.07) is 7.80. The predicted molar refractivity (Wildman–Crippen MR) is 81.2 cm³/mol. The Bertz CT molecular complexity index is 526. The summed E-state index contributed by atoms with van der Waals surface area (Å²) in [5, 5.41) is 0. The van der Waals surface area contributed by atoms with Crippen LogP contribution in [0.2, 0.25) is 0 Å². The van der Waals surface area contributed by atoms with Crippen molar-refractivity contribution in [3.63, 3.8) is 0 Å². The highest BCUT2D eigenvalue weighted by Crippen LogP contribution is 2.22. The number of rotatable bonds is 4. The van der Waals surface area contributed by atoms with Crippen molar-refractivity contribution in [1.29, 1.82) is 0 Å². The highest BCUT2D eigenvalue weighted by Gasteiger charge is 2.31. The lowest BCUT2D eigenvalue weighted by Gasteiger charge is -2.36. The quantitative estimate of drug-likeness (QED) is 0.846. The van der Waals surface area contributed by atoms with E-state index in [2.05, 4.69) is 0 Å². The van der Waals surface area contributed by atoms with E-state index in [1.54, 1.807) is 9.80 Å². The maximum atomic E-state index is 12.4. The van der Waals surface area contributed by atoms with Crippen LogP contribution < -0.4 is 4.90 Å². The standard InChI is InChI=1S/C16H22N2O3/c1-4-14(21-3)16(20)17-9-10-18(15(19)11-17)13-8-6-5-7-12(13)2/h5-8,14H,4,9-11H2,1-3H3/t14-/m0/s1. The minimum Gasteiger partial charge on any atom is -0.372 e. The summed E-state index contributed by atoms with van der Waals surface area (Å²) in [7, 11) is 1.53. The van der Waals surface area contributed by atoms with Crippen molar-refractivity contribution in [3.8, 4) is 0 Å². The summed E-state index contributed by atoms with van der Waals surface area (Å²) in [6.45, 7) is 5.07. The number of nitrogens with zero attached hydrogens (tertiary/aromatic N) is 2. The number of aryl methyl sites for hydroxylation is 1. The molecule has 0 N–H and O–H groups in total. The average molecular weight is 290 g/mol. The summed E-state index contributed by atoms with van der Waals surface area (Å²) in [6.07, 6.45) is 0.157. The van der Waals surface area contributed by atoms with Crippen molar-refractivity contribution in [2.75, 3.05) is 31.6 Å². The summed E-state index contributed by atoms with van der Waals surface area (Å²) in [5.74, 6) is -0.146. The Kier molecular flexibility index (Phi) is 4.96. The molecule has 2 amide bonds. The van der Waals surface area contributed by atoms with Crippen LogP contribution in [0.3, 0.4) is 0 Å². The van der Waals surface area contributed by atoms with Crippen molar-refractivity contribution in [3.05, 3.63) is 29.8 Å². The molecule has 0 saturated carbocycles. The number of para-hydroxylation sites is 1. The van der Waals surface area contributed by atoms with Gasteiger partial charge in [0, 0.05) is 25.9 Å². The van der Waals surface area contributed by atoms with E-state index in [0.29, 0.717) is 19.5 Å². The minimum absolute atomic E-state index is 0.0464. The number of amides is 2. The number of hydrogen-bond acceptors (Lipinski definition) is 3. The minimum atomic E-state index is -0.456. The van der Waals surface area contributed by atoms with E-state index >= 15 is 0 Å². The first-order valence-electron chi connectivity index (χ1n) is 7.26. The zero-order valence-electron chi connectivity index (χ0n) is 12.8. The third kappa shape index (κ3) is 3.24. The third-order valence-corrected chi connectivity index (χ3v) is 3.87. The molecule has 5 heteroatoms. The van der Waals surface area contributed by atoms with Crippen LogP contribution in [0.1, 0.15) is 18.9 Å². The molecular weight excluding hydrogens is 268 g/mol. The molecule has 1 heterocycles. The fraction of sp³-hybridized carbons (Fsp3) is 0.500. The fourth-order valence-electron chi connectivity index (χ4n) is 2.63. The van der Waals surface area contributed by atoms with Gasteiger partial charge in [-0.1, -0.05) is 25.1 Å². The number of piperazine rings is 1. The number of anilines is 1. The zero-order chi connectivity index (χ0) is 15.4. The summed E-state index contributed by atoms with van der Waals surface area (Å²) < 4.78 is 5.16. The highest BCUT2D eigenvalue weighted by atomic mass is 16.5. The van der Waals surface area contributed by atoms with E-state index in [0.717, 1.165) is 11.3 Å². The second-order valence-corrected chi connectivity index (χ2v) is 5.22. The Morgan fingerprint density at radius 2 is 2.05 bits per heavy atom. The molecule has 2 rings (SSSR count). The molecule has 1 aromatic rings. The summed E-state index contributed by atoms with van der Waals surface area (Å²) >= 11 is 0. The lowest BCUT2D eigenvalue weighted by molar-refractivity contribution is -0.145. The van der Waals surface area contributed by atoms with Gasteiger partial charge >= 0.3 is 0 Å². The van der Waals surface area contributed by atoms with Crippen LogP contribution in [0.25, 0.3) is 0 Å². The van der Waals surface area contributed by atoms with Crippen LogP contribution in [-0.4, -0.2) is 49.6 Å². The van der Waals surface area contributed by atoms with Gasteiger partial charge in [-0.15, -0.1) is 0 Å². The second kappa shape index (κ2) is 6.72. The number of hydrogen-bond donors (Lipinski definition) is 0. The Balaban J connectivity index is 2.08. The molecule has 5 nitrogen and oxygen atoms in total. The van der Waals surface area contributed by atoms with E-state index < -0.39 is 6.10 Å². The van der Waals surface area contributed by atoms with Gasteiger partial charge in [0.15, 0.2) is 0 Å². The van der Waals surface area contributed by atoms with Gasteiger partial charge in [0.05, 0.1) is 0 Å². The normalized spacial score (nSPS) is 17.0. The summed E-state index contributed by atoms with van der Waals surface area (Å²) in [5.41, 5.74) is 1.99. The molecule has 0 radical (unpaired) electrons. The topological polar surface area (TPSA) is 49.9 Å². The smallest absolute Gasteiger partial charge is 0.252 e. The van der Waals surface area contributed by atoms with Gasteiger partial charge in [-0.25, -0.2) is 0 Å².